The summed E-state index contributed by atoms with van der Waals surface area (Å²) in [7, 11) is -3.08. The van der Waals surface area contributed by atoms with Crippen LogP contribution in [0.15, 0.2) is 33.6 Å². The van der Waals surface area contributed by atoms with Gasteiger partial charge in [-0.15, -0.1) is 11.8 Å². The summed E-state index contributed by atoms with van der Waals surface area (Å²) >= 11 is 5.07. The number of amides is 1. The number of nitrogens with one attached hydrogen (secondary N) is 1. The molecule has 5 nitrogen and oxygen atoms in total. The molecule has 1 fully saturated rings. The molecule has 1 heterocycles. The number of sulfonamides is 1. The average Bonchev–Trinajstić information content (AvgIpc) is 2.54. The van der Waals surface area contributed by atoms with E-state index in [1.54, 1.807) is 11.8 Å². The fraction of sp³-hybridized carbons (Fsp3) is 0.562. The number of benzene rings is 1. The predicted molar refractivity (Wildman–Crippen MR) is 102 cm³/mol. The third-order valence-electron chi connectivity index (χ3n) is 4.04. The Morgan fingerprint density at radius 3 is 2.50 bits per heavy atom. The maximum absolute atomic E-state index is 11.9. The van der Waals surface area contributed by atoms with E-state index in [1.165, 1.54) is 10.6 Å². The zero-order chi connectivity index (χ0) is 17.6. The first kappa shape index (κ1) is 19.8. The quantitative estimate of drug-likeness (QED) is 0.669. The average molecular weight is 435 g/mol. The third-order valence-corrected chi connectivity index (χ3v) is 6.89. The highest BCUT2D eigenvalue weighted by Crippen LogP contribution is 2.21. The molecule has 0 radical (unpaired) electrons. The molecule has 0 saturated carbocycles. The highest BCUT2D eigenvalue weighted by atomic mass is 79.9. The maximum Gasteiger partial charge on any atom is 0.220 e. The fourth-order valence-electron chi connectivity index (χ4n) is 2.58. The van der Waals surface area contributed by atoms with Crippen molar-refractivity contribution in [2.75, 3.05) is 31.6 Å². The largest absolute Gasteiger partial charge is 0.356 e. The molecule has 1 aliphatic rings. The minimum atomic E-state index is -3.08. The molecule has 2 rings (SSSR count). The Bertz CT molecular complexity index is 642. The second-order valence-electron chi connectivity index (χ2n) is 5.96. The van der Waals surface area contributed by atoms with Gasteiger partial charge in [0.2, 0.25) is 15.9 Å². The number of thioether (sulfide) groups is 1. The van der Waals surface area contributed by atoms with Gasteiger partial charge in [-0.1, -0.05) is 15.9 Å². The smallest absolute Gasteiger partial charge is 0.220 e. The van der Waals surface area contributed by atoms with E-state index in [4.69, 9.17) is 0 Å². The Balaban J connectivity index is 1.61. The van der Waals surface area contributed by atoms with E-state index in [0.717, 1.165) is 28.0 Å². The number of carbonyl (C=O) groups is 1. The molecule has 1 saturated heterocycles. The lowest BCUT2D eigenvalue weighted by molar-refractivity contribution is -0.120. The Kier molecular flexibility index (Phi) is 7.59. The van der Waals surface area contributed by atoms with E-state index < -0.39 is 10.0 Å². The van der Waals surface area contributed by atoms with Gasteiger partial charge in [0.1, 0.15) is 0 Å². The van der Waals surface area contributed by atoms with E-state index in [0.29, 0.717) is 32.0 Å². The van der Waals surface area contributed by atoms with Crippen molar-refractivity contribution in [2.45, 2.75) is 24.2 Å². The van der Waals surface area contributed by atoms with Crippen LogP contribution in [0.25, 0.3) is 0 Å². The monoisotopic (exact) mass is 434 g/mol. The molecule has 1 aliphatic heterocycles. The van der Waals surface area contributed by atoms with Crippen LogP contribution in [-0.2, 0) is 14.8 Å². The molecule has 0 atom stereocenters. The Morgan fingerprint density at radius 2 is 1.92 bits per heavy atom. The first-order valence-electron chi connectivity index (χ1n) is 7.95. The van der Waals surface area contributed by atoms with Crippen molar-refractivity contribution in [1.29, 1.82) is 0 Å². The molecular formula is C16H23BrN2O3S2. The van der Waals surface area contributed by atoms with Crippen LogP contribution < -0.4 is 5.32 Å². The maximum atomic E-state index is 11.9. The second kappa shape index (κ2) is 9.22. The highest BCUT2D eigenvalue weighted by molar-refractivity contribution is 9.10. The van der Waals surface area contributed by atoms with Crippen LogP contribution in [0.4, 0.5) is 0 Å². The summed E-state index contributed by atoms with van der Waals surface area (Å²) in [5, 5.41) is 2.97. The number of nitrogens with zero attached hydrogens (tertiary/aromatic N) is 1. The second-order valence-corrected chi connectivity index (χ2v) is 10.0. The fourth-order valence-corrected chi connectivity index (χ4v) is 4.57. The van der Waals surface area contributed by atoms with Gasteiger partial charge in [-0.25, -0.2) is 12.7 Å². The van der Waals surface area contributed by atoms with Gasteiger partial charge in [0.05, 0.1) is 6.26 Å². The summed E-state index contributed by atoms with van der Waals surface area (Å²) in [4.78, 5) is 13.1. The number of hydrogen-bond acceptors (Lipinski definition) is 4. The van der Waals surface area contributed by atoms with Crippen LogP contribution in [0, 0.1) is 5.92 Å². The van der Waals surface area contributed by atoms with Crippen molar-refractivity contribution < 1.29 is 13.2 Å². The van der Waals surface area contributed by atoms with Crippen LogP contribution in [0.1, 0.15) is 19.3 Å². The zero-order valence-corrected chi connectivity index (χ0v) is 16.9. The molecule has 0 spiro atoms. The van der Waals surface area contributed by atoms with Crippen LogP contribution in [0.3, 0.4) is 0 Å². The summed E-state index contributed by atoms with van der Waals surface area (Å²) < 4.78 is 25.5. The van der Waals surface area contributed by atoms with Gasteiger partial charge in [-0.2, -0.15) is 0 Å². The van der Waals surface area contributed by atoms with E-state index in [1.807, 2.05) is 24.3 Å². The van der Waals surface area contributed by atoms with Crippen molar-refractivity contribution in [3.8, 4) is 0 Å². The van der Waals surface area contributed by atoms with Gasteiger partial charge < -0.3 is 5.32 Å². The summed E-state index contributed by atoms with van der Waals surface area (Å²) in [6.07, 6.45) is 3.35. The standard InChI is InChI=1S/C16H23BrN2O3S2/c1-24(21,22)19-9-6-13(7-10-19)12-18-16(20)8-11-23-15-4-2-14(17)3-5-15/h2-5,13H,6-12H2,1H3,(H,18,20). The number of halogens is 1. The van der Waals surface area contributed by atoms with Crippen LogP contribution in [0.5, 0.6) is 0 Å². The molecule has 1 aromatic rings. The lowest BCUT2D eigenvalue weighted by atomic mass is 9.98. The molecule has 24 heavy (non-hydrogen) atoms. The van der Waals surface area contributed by atoms with Gasteiger partial charge in [-0.3, -0.25) is 4.79 Å². The molecule has 0 bridgehead atoms. The molecule has 0 aliphatic carbocycles. The molecule has 1 N–H and O–H groups in total. The minimum absolute atomic E-state index is 0.0603. The van der Waals surface area contributed by atoms with E-state index in [-0.39, 0.29) is 5.91 Å². The lowest BCUT2D eigenvalue weighted by Crippen LogP contribution is -2.41. The van der Waals surface area contributed by atoms with Crippen molar-refractivity contribution in [3.63, 3.8) is 0 Å². The first-order valence-corrected chi connectivity index (χ1v) is 11.6. The SMILES string of the molecule is CS(=O)(=O)N1CCC(CNC(=O)CCSc2ccc(Br)cc2)CC1. The van der Waals surface area contributed by atoms with Gasteiger partial charge in [0.25, 0.3) is 0 Å². The topological polar surface area (TPSA) is 66.5 Å². The van der Waals surface area contributed by atoms with Crippen LogP contribution >= 0.6 is 27.7 Å². The van der Waals surface area contributed by atoms with Gasteiger partial charge >= 0.3 is 0 Å². The van der Waals surface area contributed by atoms with Crippen LogP contribution in [0.2, 0.25) is 0 Å². The minimum Gasteiger partial charge on any atom is -0.356 e. The lowest BCUT2D eigenvalue weighted by Gasteiger charge is -2.30. The molecule has 1 amide bonds. The molecule has 0 aromatic heterocycles. The Morgan fingerprint density at radius 1 is 1.29 bits per heavy atom. The number of piperidine rings is 1. The van der Waals surface area contributed by atoms with Gasteiger partial charge in [0.15, 0.2) is 0 Å². The molecule has 1 aromatic carbocycles. The van der Waals surface area contributed by atoms with Crippen molar-refractivity contribution in [1.82, 2.24) is 9.62 Å². The van der Waals surface area contributed by atoms with Crippen molar-refractivity contribution >= 4 is 43.6 Å². The van der Waals surface area contributed by atoms with Crippen LogP contribution in [-0.4, -0.2) is 50.3 Å². The molecular weight excluding hydrogens is 412 g/mol. The van der Waals surface area contributed by atoms with E-state index in [2.05, 4.69) is 21.2 Å². The van der Waals surface area contributed by atoms with Crippen molar-refractivity contribution in [3.05, 3.63) is 28.7 Å². The highest BCUT2D eigenvalue weighted by Gasteiger charge is 2.24. The summed E-state index contributed by atoms with van der Waals surface area (Å²) in [6.45, 7) is 1.75. The predicted octanol–water partition coefficient (Wildman–Crippen LogP) is 2.72. The number of rotatable bonds is 7. The van der Waals surface area contributed by atoms with Gasteiger partial charge in [0, 0.05) is 41.2 Å². The zero-order valence-electron chi connectivity index (χ0n) is 13.7. The molecule has 134 valence electrons. The first-order chi connectivity index (χ1) is 11.3. The van der Waals surface area contributed by atoms with Crippen molar-refractivity contribution in [2.24, 2.45) is 5.92 Å². The van der Waals surface area contributed by atoms with E-state index >= 15 is 0 Å². The summed E-state index contributed by atoms with van der Waals surface area (Å²) in [5.74, 6) is 1.18. The molecule has 8 heteroatoms. The van der Waals surface area contributed by atoms with E-state index in [9.17, 15) is 13.2 Å². The Labute approximate surface area is 156 Å². The van der Waals surface area contributed by atoms with Gasteiger partial charge in [-0.05, 0) is 43.0 Å². The number of carbonyl (C=O) groups excluding carboxylic acids is 1. The molecule has 0 unspecified atom stereocenters. The summed E-state index contributed by atoms with van der Waals surface area (Å²) in [5.41, 5.74) is 0. The Hall–Kier alpha value is -0.570. The number of hydrogen-bond donors (Lipinski definition) is 1. The normalized spacial score (nSPS) is 16.9. The summed E-state index contributed by atoms with van der Waals surface area (Å²) in [6, 6.07) is 8.04. The third kappa shape index (κ3) is 6.74.